The molecular weight excluding hydrogens is 446 g/mol. The molecule has 4 nitrogen and oxygen atoms in total. The predicted molar refractivity (Wildman–Crippen MR) is 146 cm³/mol. The lowest BCUT2D eigenvalue weighted by atomic mass is 9.95. The first kappa shape index (κ1) is 27.6. The highest BCUT2D eigenvalue weighted by molar-refractivity contribution is 5.75. The van der Waals surface area contributed by atoms with Crippen LogP contribution in [0.15, 0.2) is 91.0 Å². The summed E-state index contributed by atoms with van der Waals surface area (Å²) in [5.74, 6) is -0.179. The zero-order valence-corrected chi connectivity index (χ0v) is 22.0. The quantitative estimate of drug-likeness (QED) is 0.223. The monoisotopic (exact) mass is 487 g/mol. The molecule has 0 radical (unpaired) electrons. The molecule has 0 aliphatic rings. The average molecular weight is 488 g/mol. The van der Waals surface area contributed by atoms with Crippen molar-refractivity contribution >= 4 is 5.97 Å². The van der Waals surface area contributed by atoms with E-state index >= 15 is 0 Å². The molecule has 3 aromatic rings. The molecule has 0 saturated heterocycles. The number of aliphatic hydroxyl groups is 1. The number of aliphatic hydroxyl groups excluding tert-OH is 1. The van der Waals surface area contributed by atoms with Crippen molar-refractivity contribution in [3.05, 3.63) is 108 Å². The van der Waals surface area contributed by atoms with E-state index in [1.54, 1.807) is 0 Å². The van der Waals surface area contributed by atoms with Crippen molar-refractivity contribution in [2.24, 2.45) is 5.41 Å². The van der Waals surface area contributed by atoms with E-state index in [-0.39, 0.29) is 12.0 Å². The zero-order valence-electron chi connectivity index (χ0n) is 22.0. The molecule has 1 N–H and O–H groups in total. The molecule has 3 rings (SSSR count). The molecule has 0 amide bonds. The Labute approximate surface area is 216 Å². The molecule has 0 heterocycles. The first-order valence-electron chi connectivity index (χ1n) is 13.0. The van der Waals surface area contributed by atoms with Crippen LogP contribution in [0, 0.1) is 5.41 Å². The summed E-state index contributed by atoms with van der Waals surface area (Å²) >= 11 is 0. The maximum Gasteiger partial charge on any atom is 0.311 e. The van der Waals surface area contributed by atoms with Gasteiger partial charge >= 0.3 is 5.97 Å². The molecular formula is C32H41NO3. The molecule has 0 spiro atoms. The maximum atomic E-state index is 12.0. The van der Waals surface area contributed by atoms with E-state index in [0.29, 0.717) is 13.0 Å². The van der Waals surface area contributed by atoms with Gasteiger partial charge in [0.25, 0.3) is 0 Å². The van der Waals surface area contributed by atoms with Gasteiger partial charge in [0.15, 0.2) is 0 Å². The minimum absolute atomic E-state index is 0.0510. The van der Waals surface area contributed by atoms with E-state index in [1.807, 2.05) is 39.0 Å². The molecule has 0 saturated carbocycles. The van der Waals surface area contributed by atoms with Crippen LogP contribution in [0.25, 0.3) is 0 Å². The number of nitrogens with zero attached hydrogens (tertiary/aromatic N) is 1. The average Bonchev–Trinajstić information content (AvgIpc) is 2.88. The SMILES string of the molecule is CC(C)(C)C(=O)OCCCC[C@@H](O)[C@H](Cc1ccccc1)N(Cc1ccccc1)Cc1ccccc1. The third-order valence-electron chi connectivity index (χ3n) is 6.40. The number of esters is 1. The molecule has 4 heteroatoms. The highest BCUT2D eigenvalue weighted by atomic mass is 16.5. The first-order chi connectivity index (χ1) is 17.3. The second-order valence-corrected chi connectivity index (χ2v) is 10.6. The van der Waals surface area contributed by atoms with Crippen molar-refractivity contribution in [2.75, 3.05) is 6.61 Å². The molecule has 0 aliphatic heterocycles. The van der Waals surface area contributed by atoms with Gasteiger partial charge in [-0.2, -0.15) is 0 Å². The Morgan fingerprint density at radius 3 is 1.72 bits per heavy atom. The van der Waals surface area contributed by atoms with E-state index in [1.165, 1.54) is 16.7 Å². The topological polar surface area (TPSA) is 49.8 Å². The van der Waals surface area contributed by atoms with Crippen molar-refractivity contribution in [2.45, 2.75) is 71.7 Å². The van der Waals surface area contributed by atoms with Crippen LogP contribution >= 0.6 is 0 Å². The van der Waals surface area contributed by atoms with E-state index in [0.717, 1.165) is 32.4 Å². The molecule has 0 fully saturated rings. The number of hydrogen-bond acceptors (Lipinski definition) is 4. The fourth-order valence-electron chi connectivity index (χ4n) is 4.32. The molecule has 36 heavy (non-hydrogen) atoms. The maximum absolute atomic E-state index is 12.0. The highest BCUT2D eigenvalue weighted by Crippen LogP contribution is 2.22. The van der Waals surface area contributed by atoms with Gasteiger partial charge in [0, 0.05) is 19.1 Å². The van der Waals surface area contributed by atoms with E-state index in [9.17, 15) is 9.90 Å². The van der Waals surface area contributed by atoms with Gasteiger partial charge in [-0.1, -0.05) is 91.0 Å². The van der Waals surface area contributed by atoms with Crippen LogP contribution in [-0.2, 0) is 29.0 Å². The smallest absolute Gasteiger partial charge is 0.311 e. The number of ether oxygens (including phenoxy) is 1. The molecule has 0 aliphatic carbocycles. The fraction of sp³-hybridized carbons (Fsp3) is 0.406. The Morgan fingerprint density at radius 1 is 0.778 bits per heavy atom. The standard InChI is InChI=1S/C32H41NO3/c1-32(2,3)31(35)36-22-14-13-21-30(34)29(23-26-15-7-4-8-16-26)33(24-27-17-9-5-10-18-27)25-28-19-11-6-12-20-28/h4-12,15-20,29-30,34H,13-14,21-25H2,1-3H3/t29-,30+/m0/s1. The molecule has 0 aromatic heterocycles. The summed E-state index contributed by atoms with van der Waals surface area (Å²) < 4.78 is 5.42. The van der Waals surface area contributed by atoms with Gasteiger partial charge < -0.3 is 9.84 Å². The zero-order chi connectivity index (χ0) is 25.8. The lowest BCUT2D eigenvalue weighted by Crippen LogP contribution is -2.44. The number of hydrogen-bond donors (Lipinski definition) is 1. The Hall–Kier alpha value is -2.95. The van der Waals surface area contributed by atoms with Crippen LogP contribution in [0.1, 0.15) is 56.7 Å². The van der Waals surface area contributed by atoms with Gasteiger partial charge in [0.1, 0.15) is 0 Å². The van der Waals surface area contributed by atoms with Crippen molar-refractivity contribution < 1.29 is 14.6 Å². The predicted octanol–water partition coefficient (Wildman–Crippen LogP) is 6.42. The second kappa shape index (κ2) is 14.0. The van der Waals surface area contributed by atoms with Gasteiger partial charge in [0.05, 0.1) is 18.1 Å². The van der Waals surface area contributed by atoms with Gasteiger partial charge in [0.2, 0.25) is 0 Å². The fourth-order valence-corrected chi connectivity index (χ4v) is 4.32. The lowest BCUT2D eigenvalue weighted by Gasteiger charge is -2.35. The summed E-state index contributed by atoms with van der Waals surface area (Å²) in [6, 6.07) is 31.3. The largest absolute Gasteiger partial charge is 0.465 e. The van der Waals surface area contributed by atoms with Gasteiger partial charge in [-0.15, -0.1) is 0 Å². The minimum Gasteiger partial charge on any atom is -0.465 e. The summed E-state index contributed by atoms with van der Waals surface area (Å²) in [5.41, 5.74) is 3.18. The second-order valence-electron chi connectivity index (χ2n) is 10.6. The first-order valence-corrected chi connectivity index (χ1v) is 13.0. The number of unbranched alkanes of at least 4 members (excludes halogenated alkanes) is 1. The van der Waals surface area contributed by atoms with Crippen molar-refractivity contribution in [1.29, 1.82) is 0 Å². The van der Waals surface area contributed by atoms with Crippen molar-refractivity contribution in [3.8, 4) is 0 Å². The van der Waals surface area contributed by atoms with Crippen LogP contribution in [0.4, 0.5) is 0 Å². The molecule has 0 bridgehead atoms. The van der Waals surface area contributed by atoms with E-state index in [2.05, 4.69) is 77.7 Å². The summed E-state index contributed by atoms with van der Waals surface area (Å²) in [6.45, 7) is 7.49. The summed E-state index contributed by atoms with van der Waals surface area (Å²) in [7, 11) is 0. The third-order valence-corrected chi connectivity index (χ3v) is 6.40. The molecule has 2 atom stereocenters. The minimum atomic E-state index is -0.504. The number of carbonyl (C=O) groups excluding carboxylic acids is 1. The number of rotatable bonds is 13. The summed E-state index contributed by atoms with van der Waals surface area (Å²) in [5, 5.41) is 11.5. The Morgan fingerprint density at radius 2 is 1.25 bits per heavy atom. The summed E-state index contributed by atoms with van der Waals surface area (Å²) in [6.07, 6.45) is 2.46. The Balaban J connectivity index is 1.73. The van der Waals surface area contributed by atoms with Gasteiger partial charge in [-0.25, -0.2) is 0 Å². The van der Waals surface area contributed by atoms with Crippen LogP contribution in [-0.4, -0.2) is 34.7 Å². The Kier molecular flexibility index (Phi) is 10.7. The lowest BCUT2D eigenvalue weighted by molar-refractivity contribution is -0.153. The Bertz CT molecular complexity index is 974. The van der Waals surface area contributed by atoms with Gasteiger partial charge in [-0.3, -0.25) is 9.69 Å². The van der Waals surface area contributed by atoms with Crippen LogP contribution in [0.3, 0.4) is 0 Å². The van der Waals surface area contributed by atoms with Crippen molar-refractivity contribution in [1.82, 2.24) is 4.90 Å². The third kappa shape index (κ3) is 9.25. The summed E-state index contributed by atoms with van der Waals surface area (Å²) in [4.78, 5) is 14.4. The van der Waals surface area contributed by atoms with Crippen LogP contribution in [0.5, 0.6) is 0 Å². The van der Waals surface area contributed by atoms with E-state index < -0.39 is 11.5 Å². The number of benzene rings is 3. The molecule has 0 unspecified atom stereocenters. The number of carbonyl (C=O) groups is 1. The highest BCUT2D eigenvalue weighted by Gasteiger charge is 2.27. The normalized spacial score (nSPS) is 13.4. The van der Waals surface area contributed by atoms with Gasteiger partial charge in [-0.05, 0) is 63.1 Å². The van der Waals surface area contributed by atoms with Crippen LogP contribution < -0.4 is 0 Å². The molecule has 192 valence electrons. The van der Waals surface area contributed by atoms with Crippen LogP contribution in [0.2, 0.25) is 0 Å². The van der Waals surface area contributed by atoms with E-state index in [4.69, 9.17) is 4.74 Å². The molecule has 3 aromatic carbocycles. The van der Waals surface area contributed by atoms with Crippen molar-refractivity contribution in [3.63, 3.8) is 0 Å².